The van der Waals surface area contributed by atoms with E-state index >= 15 is 0 Å². The van der Waals surface area contributed by atoms with Crippen LogP contribution in [0.4, 0.5) is 5.69 Å². The first kappa shape index (κ1) is 22.7. The molecule has 0 radical (unpaired) electrons. The minimum atomic E-state index is -0.839. The Hall–Kier alpha value is -3.76. The maximum Gasteiger partial charge on any atom is 0.249 e. The van der Waals surface area contributed by atoms with Gasteiger partial charge in [0.15, 0.2) is 5.65 Å². The molecule has 1 atom stereocenters. The van der Waals surface area contributed by atoms with Crippen LogP contribution in [-0.2, 0) is 21.6 Å². The number of ether oxygens (including phenoxy) is 1. The fourth-order valence-corrected chi connectivity index (χ4v) is 5.19. The summed E-state index contributed by atoms with van der Waals surface area (Å²) in [6, 6.07) is 6.17. The minimum absolute atomic E-state index is 0.0553. The van der Waals surface area contributed by atoms with Crippen molar-refractivity contribution in [1.82, 2.24) is 34.8 Å². The van der Waals surface area contributed by atoms with Crippen LogP contribution < -0.4 is 10.6 Å². The normalized spacial score (nSPS) is 22.9. The smallest absolute Gasteiger partial charge is 0.249 e. The summed E-state index contributed by atoms with van der Waals surface area (Å²) >= 11 is 0. The first-order chi connectivity index (χ1) is 17.4. The van der Waals surface area contributed by atoms with Crippen LogP contribution in [0.15, 0.2) is 36.9 Å². The number of aryl methyl sites for hydroxylation is 2. The lowest BCUT2D eigenvalue weighted by Crippen LogP contribution is -2.56. The van der Waals surface area contributed by atoms with Crippen molar-refractivity contribution in [3.05, 3.63) is 48.3 Å². The second-order valence-corrected chi connectivity index (χ2v) is 9.60. The Morgan fingerprint density at radius 2 is 1.94 bits per heavy atom. The summed E-state index contributed by atoms with van der Waals surface area (Å²) < 4.78 is 7.46. The van der Waals surface area contributed by atoms with Crippen LogP contribution in [0.5, 0.6) is 0 Å². The number of nitrogens with zero attached hydrogens (tertiary/aromatic N) is 6. The standard InChI is InChI=1S/C26H28N8O2/c1-5-34-23(16-11-27-14(2)28-12-16)32-22-21(29-13-30-24(22)34)15-6-7-20-19(8-15)26(3,25(35)31-20)33-17-9-18(10-17)36-4/h6-8,11-13,17-18,33H,5,9-10H2,1-4H3,(H,31,35)/t17-,18-,26-/m0/s1. The molecule has 184 valence electrons. The van der Waals surface area contributed by atoms with Gasteiger partial charge in [-0.05, 0) is 45.7 Å². The van der Waals surface area contributed by atoms with E-state index in [2.05, 4.69) is 37.5 Å². The monoisotopic (exact) mass is 484 g/mol. The fourth-order valence-electron chi connectivity index (χ4n) is 5.19. The van der Waals surface area contributed by atoms with Gasteiger partial charge in [-0.25, -0.2) is 24.9 Å². The molecule has 1 aliphatic carbocycles. The van der Waals surface area contributed by atoms with Crippen LogP contribution in [-0.4, -0.2) is 54.6 Å². The Balaban J connectivity index is 1.43. The van der Waals surface area contributed by atoms with E-state index in [4.69, 9.17) is 9.72 Å². The van der Waals surface area contributed by atoms with Gasteiger partial charge >= 0.3 is 0 Å². The van der Waals surface area contributed by atoms with E-state index in [-0.39, 0.29) is 18.1 Å². The zero-order chi connectivity index (χ0) is 25.0. The number of anilines is 1. The summed E-state index contributed by atoms with van der Waals surface area (Å²) in [5, 5.41) is 6.60. The van der Waals surface area contributed by atoms with Crippen LogP contribution in [0, 0.1) is 6.92 Å². The van der Waals surface area contributed by atoms with Gasteiger partial charge in [0.1, 0.15) is 34.7 Å². The van der Waals surface area contributed by atoms with Crippen LogP contribution in [0.25, 0.3) is 33.8 Å². The van der Waals surface area contributed by atoms with Gasteiger partial charge in [-0.2, -0.15) is 0 Å². The molecule has 1 amide bonds. The summed E-state index contributed by atoms with van der Waals surface area (Å²) in [6.45, 7) is 6.53. The number of hydrogen-bond donors (Lipinski definition) is 2. The van der Waals surface area contributed by atoms with Crippen molar-refractivity contribution in [1.29, 1.82) is 0 Å². The van der Waals surface area contributed by atoms with Crippen molar-refractivity contribution in [3.63, 3.8) is 0 Å². The van der Waals surface area contributed by atoms with Gasteiger partial charge in [-0.15, -0.1) is 0 Å². The average molecular weight is 485 g/mol. The zero-order valence-electron chi connectivity index (χ0n) is 20.7. The number of imidazole rings is 1. The molecule has 10 heteroatoms. The van der Waals surface area contributed by atoms with Gasteiger partial charge in [0.05, 0.1) is 11.7 Å². The molecule has 3 aromatic heterocycles. The van der Waals surface area contributed by atoms with Gasteiger partial charge in [-0.3, -0.25) is 10.1 Å². The molecular formula is C26H28N8O2. The Morgan fingerprint density at radius 3 is 2.67 bits per heavy atom. The zero-order valence-corrected chi connectivity index (χ0v) is 20.7. The van der Waals surface area contributed by atoms with Gasteiger partial charge in [0.2, 0.25) is 5.91 Å². The second kappa shape index (κ2) is 8.42. The first-order valence-electron chi connectivity index (χ1n) is 12.2. The Bertz CT molecular complexity index is 1480. The molecule has 1 saturated carbocycles. The molecule has 0 saturated heterocycles. The molecule has 0 unspecified atom stereocenters. The molecule has 0 spiro atoms. The van der Waals surface area contributed by atoms with Gasteiger partial charge in [0, 0.05) is 48.9 Å². The maximum atomic E-state index is 13.0. The van der Waals surface area contributed by atoms with E-state index in [9.17, 15) is 4.79 Å². The number of aromatic nitrogens is 6. The number of fused-ring (bicyclic) bond motifs is 2. The molecule has 0 bridgehead atoms. The van der Waals surface area contributed by atoms with Crippen molar-refractivity contribution in [2.24, 2.45) is 0 Å². The first-order valence-corrected chi connectivity index (χ1v) is 12.2. The largest absolute Gasteiger partial charge is 0.381 e. The summed E-state index contributed by atoms with van der Waals surface area (Å²) in [4.78, 5) is 35.8. The highest BCUT2D eigenvalue weighted by Gasteiger charge is 2.46. The molecule has 36 heavy (non-hydrogen) atoms. The number of methoxy groups -OCH3 is 1. The van der Waals surface area contributed by atoms with Crippen molar-refractivity contribution in [3.8, 4) is 22.6 Å². The van der Waals surface area contributed by atoms with Crippen LogP contribution >= 0.6 is 0 Å². The van der Waals surface area contributed by atoms with Gasteiger partial charge < -0.3 is 14.6 Å². The van der Waals surface area contributed by atoms with E-state index in [0.717, 1.165) is 46.7 Å². The lowest BCUT2D eigenvalue weighted by atomic mass is 9.84. The summed E-state index contributed by atoms with van der Waals surface area (Å²) in [7, 11) is 1.73. The van der Waals surface area contributed by atoms with Crippen LogP contribution in [0.2, 0.25) is 0 Å². The number of benzene rings is 1. The molecule has 1 aromatic carbocycles. The third-order valence-corrected chi connectivity index (χ3v) is 7.34. The summed E-state index contributed by atoms with van der Waals surface area (Å²) in [5.41, 5.74) is 4.73. The Kier molecular flexibility index (Phi) is 5.31. The SMILES string of the molecule is CCn1c(-c2cnc(C)nc2)nc2c(-c3ccc4c(c3)[C@](C)(N[C@H]3C[C@H](OC)C3)C(=O)N4)ncnc21. The highest BCUT2D eigenvalue weighted by atomic mass is 16.5. The van der Waals surface area contributed by atoms with Gasteiger partial charge in [0.25, 0.3) is 0 Å². The van der Waals surface area contributed by atoms with E-state index in [0.29, 0.717) is 23.6 Å². The molecule has 4 aromatic rings. The average Bonchev–Trinajstić information content (AvgIpc) is 3.36. The predicted octanol–water partition coefficient (Wildman–Crippen LogP) is 3.21. The molecule has 10 nitrogen and oxygen atoms in total. The number of hydrogen-bond acceptors (Lipinski definition) is 8. The quantitative estimate of drug-likeness (QED) is 0.428. The van der Waals surface area contributed by atoms with Crippen LogP contribution in [0.1, 0.15) is 38.1 Å². The van der Waals surface area contributed by atoms with Gasteiger partial charge in [-0.1, -0.05) is 6.07 Å². The highest BCUT2D eigenvalue weighted by molar-refractivity contribution is 6.06. The lowest BCUT2D eigenvalue weighted by Gasteiger charge is -2.39. The van der Waals surface area contributed by atoms with E-state index < -0.39 is 5.54 Å². The van der Waals surface area contributed by atoms with Crippen molar-refractivity contribution >= 4 is 22.8 Å². The molecular weight excluding hydrogens is 456 g/mol. The van der Waals surface area contributed by atoms with Crippen LogP contribution in [0.3, 0.4) is 0 Å². The van der Waals surface area contributed by atoms with Crippen molar-refractivity contribution < 1.29 is 9.53 Å². The Labute approximate surface area is 208 Å². The van der Waals surface area contributed by atoms with Crippen molar-refractivity contribution in [2.45, 2.75) is 57.8 Å². The van der Waals surface area contributed by atoms with E-state index in [1.54, 1.807) is 25.8 Å². The topological polar surface area (TPSA) is 120 Å². The number of carbonyl (C=O) groups excluding carboxylic acids is 1. The molecule has 4 heterocycles. The van der Waals surface area contributed by atoms with Crippen molar-refractivity contribution in [2.75, 3.05) is 12.4 Å². The number of rotatable bonds is 6. The van der Waals surface area contributed by atoms with E-state index in [1.165, 1.54) is 0 Å². The highest BCUT2D eigenvalue weighted by Crippen LogP contribution is 2.41. The lowest BCUT2D eigenvalue weighted by molar-refractivity contribution is -0.122. The number of carbonyl (C=O) groups is 1. The molecule has 2 aliphatic rings. The maximum absolute atomic E-state index is 13.0. The summed E-state index contributed by atoms with van der Waals surface area (Å²) in [6.07, 6.45) is 7.15. The minimum Gasteiger partial charge on any atom is -0.381 e. The Morgan fingerprint density at radius 1 is 1.17 bits per heavy atom. The predicted molar refractivity (Wildman–Crippen MR) is 135 cm³/mol. The second-order valence-electron chi connectivity index (χ2n) is 9.60. The molecule has 2 N–H and O–H groups in total. The third-order valence-electron chi connectivity index (χ3n) is 7.34. The van der Waals surface area contributed by atoms with E-state index in [1.807, 2.05) is 36.6 Å². The molecule has 1 aliphatic heterocycles. The number of nitrogens with one attached hydrogen (secondary N) is 2. The summed E-state index contributed by atoms with van der Waals surface area (Å²) in [5.74, 6) is 1.40. The molecule has 6 rings (SSSR count). The fraction of sp³-hybridized carbons (Fsp3) is 0.385. The third kappa shape index (κ3) is 3.48. The molecule has 1 fully saturated rings. The number of amides is 1.